The number of benzene rings is 1. The van der Waals surface area contributed by atoms with Gasteiger partial charge in [-0.2, -0.15) is 0 Å². The van der Waals surface area contributed by atoms with E-state index in [1.807, 2.05) is 30.3 Å². The molecule has 1 aliphatic heterocycles. The van der Waals surface area contributed by atoms with E-state index in [2.05, 4.69) is 15.9 Å². The van der Waals surface area contributed by atoms with Gasteiger partial charge in [0.15, 0.2) is 0 Å². The lowest BCUT2D eigenvalue weighted by Crippen LogP contribution is -2.38. The highest BCUT2D eigenvalue weighted by molar-refractivity contribution is 9.09. The topological polar surface area (TPSA) is 79.2 Å². The number of hydrogen-bond donors (Lipinski definition) is 3. The lowest BCUT2D eigenvalue weighted by atomic mass is 9.95. The van der Waals surface area contributed by atoms with Crippen molar-refractivity contribution in [3.05, 3.63) is 35.9 Å². The highest BCUT2D eigenvalue weighted by Crippen LogP contribution is 2.25. The molecule has 1 aromatic carbocycles. The Morgan fingerprint density at radius 3 is 2.56 bits per heavy atom. The molecule has 0 aromatic heterocycles. The van der Waals surface area contributed by atoms with Crippen LogP contribution in [0.5, 0.6) is 0 Å². The summed E-state index contributed by atoms with van der Waals surface area (Å²) in [5.41, 5.74) is 1.14. The zero-order valence-electron chi connectivity index (χ0n) is 14.5. The zero-order chi connectivity index (χ0) is 18.1. The minimum absolute atomic E-state index is 0.0576. The van der Waals surface area contributed by atoms with Crippen LogP contribution < -0.4 is 0 Å². The predicted octanol–water partition coefficient (Wildman–Crippen LogP) is 2.40. The Hall–Kier alpha value is -0.500. The summed E-state index contributed by atoms with van der Waals surface area (Å²) in [5, 5.41) is 30.1. The molecule has 5 nitrogen and oxygen atoms in total. The van der Waals surface area contributed by atoms with Gasteiger partial charge in [0.1, 0.15) is 0 Å². The number of rotatable bonds is 10. The van der Waals surface area contributed by atoms with Gasteiger partial charge >= 0.3 is 0 Å². The van der Waals surface area contributed by atoms with Crippen LogP contribution in [-0.4, -0.2) is 57.8 Å². The molecule has 142 valence electrons. The van der Waals surface area contributed by atoms with E-state index in [1.54, 1.807) is 0 Å². The largest absolute Gasteiger partial charge is 0.393 e. The van der Waals surface area contributed by atoms with E-state index < -0.39 is 18.3 Å². The van der Waals surface area contributed by atoms with Gasteiger partial charge in [0.25, 0.3) is 0 Å². The monoisotopic (exact) mass is 416 g/mol. The molecule has 2 rings (SSSR count). The van der Waals surface area contributed by atoms with E-state index in [0.717, 1.165) is 12.0 Å². The first-order valence-electron chi connectivity index (χ1n) is 8.94. The van der Waals surface area contributed by atoms with Crippen molar-refractivity contribution in [2.45, 2.75) is 69.2 Å². The van der Waals surface area contributed by atoms with Crippen LogP contribution in [0.4, 0.5) is 0 Å². The summed E-state index contributed by atoms with van der Waals surface area (Å²) < 4.78 is 11.7. The third-order valence-corrected chi connectivity index (χ3v) is 5.16. The molecule has 25 heavy (non-hydrogen) atoms. The van der Waals surface area contributed by atoms with E-state index in [1.165, 1.54) is 0 Å². The summed E-state index contributed by atoms with van der Waals surface area (Å²) in [6.07, 6.45) is 0.761. The van der Waals surface area contributed by atoms with Crippen LogP contribution in [0.3, 0.4) is 0 Å². The lowest BCUT2D eigenvalue weighted by molar-refractivity contribution is -0.117. The summed E-state index contributed by atoms with van der Waals surface area (Å²) in [4.78, 5) is 0. The summed E-state index contributed by atoms with van der Waals surface area (Å²) >= 11 is 3.19. The third kappa shape index (κ3) is 8.15. The first kappa shape index (κ1) is 20.8. The average Bonchev–Trinajstić information content (AvgIpc) is 2.59. The Morgan fingerprint density at radius 1 is 1.12 bits per heavy atom. The molecule has 1 aliphatic rings. The van der Waals surface area contributed by atoms with Crippen molar-refractivity contribution < 1.29 is 24.8 Å². The van der Waals surface area contributed by atoms with Crippen LogP contribution in [0.25, 0.3) is 0 Å². The first-order valence-corrected chi connectivity index (χ1v) is 10.1. The van der Waals surface area contributed by atoms with E-state index >= 15 is 0 Å². The normalized spacial score (nSPS) is 26.3. The SMILES string of the molecule is O[C@H](C[C@@H](O)CBr)C[C@H]1C[C@@H](O)C[C@@H](CCOCc2ccccc2)O1. The van der Waals surface area contributed by atoms with Gasteiger partial charge < -0.3 is 24.8 Å². The summed E-state index contributed by atoms with van der Waals surface area (Å²) in [6, 6.07) is 10.0. The number of aliphatic hydroxyl groups excluding tert-OH is 3. The number of halogens is 1. The number of ether oxygens (including phenoxy) is 2. The maximum Gasteiger partial charge on any atom is 0.0716 e. The molecule has 0 amide bonds. The molecule has 0 aliphatic carbocycles. The molecule has 5 atom stereocenters. The number of alkyl halides is 1. The molecule has 0 saturated carbocycles. The maximum absolute atomic E-state index is 10.1. The Kier molecular flexibility index (Phi) is 9.37. The van der Waals surface area contributed by atoms with Crippen molar-refractivity contribution in [1.82, 2.24) is 0 Å². The van der Waals surface area contributed by atoms with Gasteiger partial charge in [-0.1, -0.05) is 46.3 Å². The van der Waals surface area contributed by atoms with Gasteiger partial charge in [0, 0.05) is 18.4 Å². The van der Waals surface area contributed by atoms with Gasteiger partial charge in [-0.3, -0.25) is 0 Å². The van der Waals surface area contributed by atoms with Crippen LogP contribution in [0.15, 0.2) is 30.3 Å². The molecule has 1 heterocycles. The van der Waals surface area contributed by atoms with Gasteiger partial charge in [0.05, 0.1) is 37.1 Å². The van der Waals surface area contributed by atoms with E-state index in [-0.39, 0.29) is 12.2 Å². The van der Waals surface area contributed by atoms with Crippen molar-refractivity contribution >= 4 is 15.9 Å². The van der Waals surface area contributed by atoms with Gasteiger partial charge in [-0.25, -0.2) is 0 Å². The first-order chi connectivity index (χ1) is 12.1. The number of aliphatic hydroxyl groups is 3. The van der Waals surface area contributed by atoms with Crippen molar-refractivity contribution in [2.75, 3.05) is 11.9 Å². The Labute approximate surface area is 158 Å². The molecule has 0 spiro atoms. The van der Waals surface area contributed by atoms with Crippen molar-refractivity contribution in [1.29, 1.82) is 0 Å². The summed E-state index contributed by atoms with van der Waals surface area (Å²) in [6.45, 7) is 1.15. The van der Waals surface area contributed by atoms with E-state index in [9.17, 15) is 15.3 Å². The number of hydrogen-bond acceptors (Lipinski definition) is 5. The molecule has 3 N–H and O–H groups in total. The van der Waals surface area contributed by atoms with Gasteiger partial charge in [-0.05, 0) is 31.2 Å². The minimum Gasteiger partial charge on any atom is -0.393 e. The third-order valence-electron chi connectivity index (χ3n) is 4.41. The molecule has 1 aromatic rings. The average molecular weight is 417 g/mol. The Morgan fingerprint density at radius 2 is 1.84 bits per heavy atom. The zero-order valence-corrected chi connectivity index (χ0v) is 16.1. The molecular weight excluding hydrogens is 388 g/mol. The second-order valence-electron chi connectivity index (χ2n) is 6.77. The molecule has 0 bridgehead atoms. The quantitative estimate of drug-likeness (QED) is 0.403. The molecule has 0 radical (unpaired) electrons. The smallest absolute Gasteiger partial charge is 0.0716 e. The fraction of sp³-hybridized carbons (Fsp3) is 0.684. The fourth-order valence-corrected chi connectivity index (χ4v) is 3.44. The molecule has 6 heteroatoms. The van der Waals surface area contributed by atoms with Crippen LogP contribution >= 0.6 is 15.9 Å². The van der Waals surface area contributed by atoms with Crippen molar-refractivity contribution in [3.63, 3.8) is 0 Å². The van der Waals surface area contributed by atoms with Crippen molar-refractivity contribution in [2.24, 2.45) is 0 Å². The van der Waals surface area contributed by atoms with Gasteiger partial charge in [0.2, 0.25) is 0 Å². The predicted molar refractivity (Wildman–Crippen MR) is 99.7 cm³/mol. The minimum atomic E-state index is -0.627. The van der Waals surface area contributed by atoms with Crippen molar-refractivity contribution in [3.8, 4) is 0 Å². The highest BCUT2D eigenvalue weighted by atomic mass is 79.9. The second-order valence-corrected chi connectivity index (χ2v) is 7.41. The molecule has 1 saturated heterocycles. The Balaban J connectivity index is 1.68. The van der Waals surface area contributed by atoms with Crippen LogP contribution in [0.1, 0.15) is 37.7 Å². The van der Waals surface area contributed by atoms with Crippen LogP contribution in [0, 0.1) is 0 Å². The fourth-order valence-electron chi connectivity index (χ4n) is 3.18. The van der Waals surface area contributed by atoms with Gasteiger partial charge in [-0.15, -0.1) is 0 Å². The van der Waals surface area contributed by atoms with E-state index in [4.69, 9.17) is 9.47 Å². The van der Waals surface area contributed by atoms with Crippen LogP contribution in [-0.2, 0) is 16.1 Å². The molecule has 1 fully saturated rings. The summed E-state index contributed by atoms with van der Waals surface area (Å²) in [7, 11) is 0. The highest BCUT2D eigenvalue weighted by Gasteiger charge is 2.30. The van der Waals surface area contributed by atoms with E-state index in [0.29, 0.717) is 44.2 Å². The standard InChI is InChI=1S/C19H29BrO5/c20-12-17(23)8-15(21)10-19-11-16(22)9-18(25-19)6-7-24-13-14-4-2-1-3-5-14/h1-5,15-19,21-23H,6-13H2/t15-,16+,17-,18-,19+/m1/s1. The Bertz CT molecular complexity index is 472. The second kappa shape index (κ2) is 11.3. The molecule has 0 unspecified atom stereocenters. The van der Waals surface area contributed by atoms with Crippen LogP contribution in [0.2, 0.25) is 0 Å². The maximum atomic E-state index is 10.1. The summed E-state index contributed by atoms with van der Waals surface area (Å²) in [5.74, 6) is 0. The lowest BCUT2D eigenvalue weighted by Gasteiger charge is -2.34. The molecular formula is C19H29BrO5.